The van der Waals surface area contributed by atoms with Crippen LogP contribution >= 0.6 is 0 Å². The predicted molar refractivity (Wildman–Crippen MR) is 62.2 cm³/mol. The van der Waals surface area contributed by atoms with Crippen LogP contribution in [-0.4, -0.2) is 31.1 Å². The molecular weight excluding hydrogens is 172 g/mol. The van der Waals surface area contributed by atoms with E-state index in [9.17, 15) is 0 Å². The van der Waals surface area contributed by atoms with Gasteiger partial charge in [0.2, 0.25) is 0 Å². The zero-order chi connectivity index (χ0) is 10.4. The molecule has 0 bridgehead atoms. The van der Waals surface area contributed by atoms with E-state index < -0.39 is 0 Å². The van der Waals surface area contributed by atoms with Gasteiger partial charge in [-0.2, -0.15) is 0 Å². The van der Waals surface area contributed by atoms with Gasteiger partial charge in [0.05, 0.1) is 0 Å². The van der Waals surface area contributed by atoms with E-state index in [2.05, 4.69) is 18.5 Å². The molecule has 0 aromatic carbocycles. The standard InChI is InChI=1S/C12H24N2/c1-3-4-5-9-14(2)12-8-6-7-11(12)10-13/h3,11-12H,1,4-10,13H2,2H3. The zero-order valence-corrected chi connectivity index (χ0v) is 9.41. The first-order chi connectivity index (χ1) is 6.79. The van der Waals surface area contributed by atoms with Crippen LogP contribution in [0.4, 0.5) is 0 Å². The molecule has 0 aromatic rings. The first-order valence-electron chi connectivity index (χ1n) is 5.80. The first kappa shape index (κ1) is 11.7. The molecule has 82 valence electrons. The lowest BCUT2D eigenvalue weighted by Crippen LogP contribution is -2.38. The molecule has 0 spiro atoms. The van der Waals surface area contributed by atoms with Crippen LogP contribution in [0.1, 0.15) is 32.1 Å². The van der Waals surface area contributed by atoms with Crippen molar-refractivity contribution in [3.63, 3.8) is 0 Å². The lowest BCUT2D eigenvalue weighted by atomic mass is 10.0. The highest BCUT2D eigenvalue weighted by Crippen LogP contribution is 2.28. The summed E-state index contributed by atoms with van der Waals surface area (Å²) in [6.07, 6.45) is 8.39. The van der Waals surface area contributed by atoms with Gasteiger partial charge in [0.25, 0.3) is 0 Å². The molecule has 2 N–H and O–H groups in total. The van der Waals surface area contributed by atoms with Crippen molar-refractivity contribution >= 4 is 0 Å². The van der Waals surface area contributed by atoms with Gasteiger partial charge in [0.1, 0.15) is 0 Å². The van der Waals surface area contributed by atoms with Gasteiger partial charge in [-0.15, -0.1) is 6.58 Å². The molecule has 0 aliphatic heterocycles. The van der Waals surface area contributed by atoms with Gasteiger partial charge >= 0.3 is 0 Å². The van der Waals surface area contributed by atoms with Gasteiger partial charge in [0, 0.05) is 6.04 Å². The Morgan fingerprint density at radius 1 is 1.50 bits per heavy atom. The molecular formula is C12H24N2. The highest BCUT2D eigenvalue weighted by molar-refractivity contribution is 4.84. The Bertz CT molecular complexity index is 168. The molecule has 2 unspecified atom stereocenters. The first-order valence-corrected chi connectivity index (χ1v) is 5.80. The molecule has 2 heteroatoms. The van der Waals surface area contributed by atoms with Crippen molar-refractivity contribution in [1.82, 2.24) is 4.90 Å². The van der Waals surface area contributed by atoms with Crippen molar-refractivity contribution in [2.75, 3.05) is 20.1 Å². The molecule has 1 aliphatic rings. The lowest BCUT2D eigenvalue weighted by molar-refractivity contribution is 0.199. The van der Waals surface area contributed by atoms with Crippen molar-refractivity contribution < 1.29 is 0 Å². The van der Waals surface area contributed by atoms with E-state index in [1.54, 1.807) is 0 Å². The van der Waals surface area contributed by atoms with E-state index >= 15 is 0 Å². The van der Waals surface area contributed by atoms with Gasteiger partial charge in [0.15, 0.2) is 0 Å². The van der Waals surface area contributed by atoms with E-state index in [1.165, 1.54) is 32.2 Å². The Labute approximate surface area is 88.2 Å². The summed E-state index contributed by atoms with van der Waals surface area (Å²) in [4.78, 5) is 2.49. The normalized spacial score (nSPS) is 27.1. The quantitative estimate of drug-likeness (QED) is 0.520. The largest absolute Gasteiger partial charge is 0.330 e. The summed E-state index contributed by atoms with van der Waals surface area (Å²) in [6, 6.07) is 0.741. The van der Waals surface area contributed by atoms with Crippen LogP contribution in [0.2, 0.25) is 0 Å². The van der Waals surface area contributed by atoms with Gasteiger partial charge in [-0.25, -0.2) is 0 Å². The van der Waals surface area contributed by atoms with Crippen LogP contribution in [0.25, 0.3) is 0 Å². The summed E-state index contributed by atoms with van der Waals surface area (Å²) in [5.74, 6) is 0.740. The molecule has 0 saturated heterocycles. The smallest absolute Gasteiger partial charge is 0.0132 e. The van der Waals surface area contributed by atoms with Crippen molar-refractivity contribution in [1.29, 1.82) is 0 Å². The third kappa shape index (κ3) is 3.10. The second-order valence-electron chi connectivity index (χ2n) is 4.41. The van der Waals surface area contributed by atoms with Crippen molar-refractivity contribution in [3.05, 3.63) is 12.7 Å². The minimum Gasteiger partial charge on any atom is -0.330 e. The molecule has 1 rings (SSSR count). The fourth-order valence-electron chi connectivity index (χ4n) is 2.52. The maximum absolute atomic E-state index is 5.77. The predicted octanol–water partition coefficient (Wildman–Crippen LogP) is 2.01. The summed E-state index contributed by atoms with van der Waals surface area (Å²) < 4.78 is 0. The van der Waals surface area contributed by atoms with Crippen LogP contribution in [0, 0.1) is 5.92 Å². The summed E-state index contributed by atoms with van der Waals surface area (Å²) in [5, 5.41) is 0. The Hall–Kier alpha value is -0.340. The Morgan fingerprint density at radius 2 is 2.29 bits per heavy atom. The van der Waals surface area contributed by atoms with E-state index in [1.807, 2.05) is 6.08 Å². The van der Waals surface area contributed by atoms with E-state index in [0.717, 1.165) is 24.9 Å². The Morgan fingerprint density at radius 3 is 2.93 bits per heavy atom. The van der Waals surface area contributed by atoms with Gasteiger partial charge < -0.3 is 10.6 Å². The average Bonchev–Trinajstić information content (AvgIpc) is 2.65. The molecule has 0 radical (unpaired) electrons. The molecule has 1 saturated carbocycles. The second-order valence-corrected chi connectivity index (χ2v) is 4.41. The number of allylic oxidation sites excluding steroid dienone is 1. The summed E-state index contributed by atoms with van der Waals surface area (Å²) in [5.41, 5.74) is 5.77. The molecule has 14 heavy (non-hydrogen) atoms. The minimum atomic E-state index is 0.740. The van der Waals surface area contributed by atoms with E-state index in [0.29, 0.717) is 0 Å². The highest BCUT2D eigenvalue weighted by Gasteiger charge is 2.28. The average molecular weight is 196 g/mol. The van der Waals surface area contributed by atoms with Crippen molar-refractivity contribution in [2.45, 2.75) is 38.1 Å². The summed E-state index contributed by atoms with van der Waals surface area (Å²) in [6.45, 7) is 5.79. The Balaban J connectivity index is 2.27. The topological polar surface area (TPSA) is 29.3 Å². The number of nitrogens with zero attached hydrogens (tertiary/aromatic N) is 1. The monoisotopic (exact) mass is 196 g/mol. The van der Waals surface area contributed by atoms with Crippen LogP contribution in [0.15, 0.2) is 12.7 Å². The SMILES string of the molecule is C=CCCCN(C)C1CCCC1CN. The number of unbranched alkanes of at least 4 members (excludes halogenated alkanes) is 1. The minimum absolute atomic E-state index is 0.740. The fraction of sp³-hybridized carbons (Fsp3) is 0.833. The molecule has 0 amide bonds. The van der Waals surface area contributed by atoms with Gasteiger partial charge in [-0.1, -0.05) is 12.5 Å². The maximum atomic E-state index is 5.77. The molecule has 1 fully saturated rings. The Kier molecular flexibility index (Phi) is 5.20. The summed E-state index contributed by atoms with van der Waals surface area (Å²) in [7, 11) is 2.24. The number of nitrogens with two attached hydrogens (primary N) is 1. The molecule has 2 atom stereocenters. The second kappa shape index (κ2) is 6.20. The van der Waals surface area contributed by atoms with Crippen LogP contribution in [0.5, 0.6) is 0 Å². The van der Waals surface area contributed by atoms with Crippen LogP contribution in [0.3, 0.4) is 0 Å². The zero-order valence-electron chi connectivity index (χ0n) is 9.41. The molecule has 2 nitrogen and oxygen atoms in total. The van der Waals surface area contributed by atoms with Crippen LogP contribution in [-0.2, 0) is 0 Å². The van der Waals surface area contributed by atoms with Crippen molar-refractivity contribution in [2.24, 2.45) is 11.7 Å². The molecule has 0 heterocycles. The number of hydrogen-bond acceptors (Lipinski definition) is 2. The van der Waals surface area contributed by atoms with Gasteiger partial charge in [-0.05, 0) is 51.7 Å². The van der Waals surface area contributed by atoms with E-state index in [-0.39, 0.29) is 0 Å². The lowest BCUT2D eigenvalue weighted by Gasteiger charge is -2.28. The van der Waals surface area contributed by atoms with Crippen LogP contribution < -0.4 is 5.73 Å². The van der Waals surface area contributed by atoms with Crippen molar-refractivity contribution in [3.8, 4) is 0 Å². The van der Waals surface area contributed by atoms with E-state index in [4.69, 9.17) is 5.73 Å². The summed E-state index contributed by atoms with van der Waals surface area (Å²) >= 11 is 0. The third-order valence-electron chi connectivity index (χ3n) is 3.41. The maximum Gasteiger partial charge on any atom is 0.0132 e. The third-order valence-corrected chi connectivity index (χ3v) is 3.41. The highest BCUT2D eigenvalue weighted by atomic mass is 15.1. The molecule has 1 aliphatic carbocycles. The number of rotatable bonds is 6. The fourth-order valence-corrected chi connectivity index (χ4v) is 2.52. The van der Waals surface area contributed by atoms with Gasteiger partial charge in [-0.3, -0.25) is 0 Å². The number of hydrogen-bond donors (Lipinski definition) is 1. The molecule has 0 aromatic heterocycles.